The number of thioether (sulfide) groups is 1. The van der Waals surface area contributed by atoms with Crippen molar-refractivity contribution in [2.24, 2.45) is 5.73 Å². The van der Waals surface area contributed by atoms with E-state index in [1.165, 1.54) is 29.4 Å². The summed E-state index contributed by atoms with van der Waals surface area (Å²) in [5, 5.41) is 13.0. The zero-order valence-corrected chi connectivity index (χ0v) is 12.2. The molecule has 2 aromatic heterocycles. The van der Waals surface area contributed by atoms with Crippen molar-refractivity contribution >= 4 is 39.1 Å². The molecular weight excluding hydrogens is 294 g/mol. The molecule has 7 heteroatoms. The number of thiophene rings is 1. The molecule has 104 valence electrons. The molecule has 3 rings (SSSR count). The molecule has 0 bridgehead atoms. The van der Waals surface area contributed by atoms with E-state index < -0.39 is 10.8 Å². The molecule has 2 atom stereocenters. The highest BCUT2D eigenvalue weighted by Crippen LogP contribution is 2.42. The first-order chi connectivity index (χ1) is 9.69. The van der Waals surface area contributed by atoms with Crippen LogP contribution in [0.2, 0.25) is 0 Å². The molecular formula is C13H13N3O2S2. The van der Waals surface area contributed by atoms with E-state index in [1.54, 1.807) is 6.08 Å². The van der Waals surface area contributed by atoms with Crippen LogP contribution in [0.25, 0.3) is 10.2 Å². The summed E-state index contributed by atoms with van der Waals surface area (Å²) >= 11 is 2.81. The molecule has 0 radical (unpaired) electrons. The maximum atomic E-state index is 12.9. The highest BCUT2D eigenvalue weighted by Gasteiger charge is 2.47. The van der Waals surface area contributed by atoms with Crippen LogP contribution in [0.4, 0.5) is 0 Å². The molecule has 0 aliphatic carbocycles. The molecule has 0 saturated heterocycles. The SMILES string of the molecule is NC1C=CSC1(CCO)C(=O)c1ncnc2ccsc12. The van der Waals surface area contributed by atoms with E-state index in [2.05, 4.69) is 9.97 Å². The number of carbonyl (C=O) groups is 1. The molecule has 1 aliphatic heterocycles. The Balaban J connectivity index is 2.09. The van der Waals surface area contributed by atoms with Gasteiger partial charge in [-0.1, -0.05) is 6.08 Å². The summed E-state index contributed by atoms with van der Waals surface area (Å²) in [5.74, 6) is -0.135. The molecule has 0 amide bonds. The van der Waals surface area contributed by atoms with E-state index in [-0.39, 0.29) is 12.4 Å². The second-order valence-corrected chi connectivity index (χ2v) is 6.67. The summed E-state index contributed by atoms with van der Waals surface area (Å²) in [4.78, 5) is 21.2. The summed E-state index contributed by atoms with van der Waals surface area (Å²) in [5.41, 5.74) is 7.23. The Kier molecular flexibility index (Phi) is 3.59. The number of hydrogen-bond acceptors (Lipinski definition) is 7. The Labute approximate surface area is 123 Å². The van der Waals surface area contributed by atoms with Gasteiger partial charge in [0.15, 0.2) is 0 Å². The summed E-state index contributed by atoms with van der Waals surface area (Å²) in [7, 11) is 0. The minimum Gasteiger partial charge on any atom is -0.396 e. The zero-order valence-electron chi connectivity index (χ0n) is 10.5. The topological polar surface area (TPSA) is 89.1 Å². The average molecular weight is 307 g/mol. The van der Waals surface area contributed by atoms with Gasteiger partial charge in [-0.05, 0) is 23.3 Å². The molecule has 0 fully saturated rings. The lowest BCUT2D eigenvalue weighted by Crippen LogP contribution is -2.49. The number of aliphatic hydroxyl groups is 1. The largest absolute Gasteiger partial charge is 0.396 e. The predicted octanol–water partition coefficient (Wildman–Crippen LogP) is 1.58. The number of nitrogens with zero attached hydrogens (tertiary/aromatic N) is 2. The van der Waals surface area contributed by atoms with Crippen molar-refractivity contribution in [1.82, 2.24) is 9.97 Å². The molecule has 0 aromatic carbocycles. The molecule has 0 saturated carbocycles. The average Bonchev–Trinajstić information content (AvgIpc) is 3.06. The van der Waals surface area contributed by atoms with Crippen LogP contribution in [-0.4, -0.2) is 38.3 Å². The van der Waals surface area contributed by atoms with Crippen molar-refractivity contribution in [3.63, 3.8) is 0 Å². The van der Waals surface area contributed by atoms with Gasteiger partial charge in [-0.2, -0.15) is 0 Å². The first-order valence-electron chi connectivity index (χ1n) is 6.13. The van der Waals surface area contributed by atoms with Crippen LogP contribution >= 0.6 is 23.1 Å². The summed E-state index contributed by atoms with van der Waals surface area (Å²) in [6.07, 6.45) is 3.50. The smallest absolute Gasteiger partial charge is 0.201 e. The quantitative estimate of drug-likeness (QED) is 0.834. The van der Waals surface area contributed by atoms with Gasteiger partial charge in [-0.25, -0.2) is 9.97 Å². The number of rotatable bonds is 4. The van der Waals surface area contributed by atoms with Crippen LogP contribution in [-0.2, 0) is 0 Å². The van der Waals surface area contributed by atoms with Crippen molar-refractivity contribution in [1.29, 1.82) is 0 Å². The van der Waals surface area contributed by atoms with E-state index in [4.69, 9.17) is 5.73 Å². The number of hydrogen-bond donors (Lipinski definition) is 2. The number of aromatic nitrogens is 2. The van der Waals surface area contributed by atoms with Crippen LogP contribution in [0.15, 0.2) is 29.3 Å². The van der Waals surface area contributed by atoms with Gasteiger partial charge in [0.1, 0.15) is 16.8 Å². The lowest BCUT2D eigenvalue weighted by molar-refractivity contribution is 0.0914. The molecule has 3 N–H and O–H groups in total. The standard InChI is InChI=1S/C13H13N3O2S2/c14-9-2-6-20-13(9,3-4-17)12(18)10-11-8(1-5-19-11)15-7-16-10/h1-2,5-7,9,17H,3-4,14H2. The lowest BCUT2D eigenvalue weighted by atomic mass is 9.89. The van der Waals surface area contributed by atoms with Crippen LogP contribution in [0, 0.1) is 0 Å². The highest BCUT2D eigenvalue weighted by atomic mass is 32.2. The summed E-state index contributed by atoms with van der Waals surface area (Å²) in [6, 6.07) is 1.44. The van der Waals surface area contributed by atoms with E-state index >= 15 is 0 Å². The first kappa shape index (κ1) is 13.7. The third-order valence-electron chi connectivity index (χ3n) is 3.43. The number of carbonyl (C=O) groups excluding carboxylic acids is 1. The fourth-order valence-electron chi connectivity index (χ4n) is 2.34. The lowest BCUT2D eigenvalue weighted by Gasteiger charge is -2.30. The van der Waals surface area contributed by atoms with E-state index in [0.717, 1.165) is 10.2 Å². The molecule has 5 nitrogen and oxygen atoms in total. The molecule has 20 heavy (non-hydrogen) atoms. The Morgan fingerprint density at radius 1 is 1.50 bits per heavy atom. The third-order valence-corrected chi connectivity index (χ3v) is 5.71. The van der Waals surface area contributed by atoms with Gasteiger partial charge in [0, 0.05) is 12.6 Å². The van der Waals surface area contributed by atoms with Crippen molar-refractivity contribution < 1.29 is 9.90 Å². The summed E-state index contributed by atoms with van der Waals surface area (Å²) < 4.78 is -0.0884. The van der Waals surface area contributed by atoms with Crippen molar-refractivity contribution in [3.05, 3.63) is 35.0 Å². The van der Waals surface area contributed by atoms with E-state index in [1.807, 2.05) is 16.9 Å². The fraction of sp³-hybridized carbons (Fsp3) is 0.308. The van der Waals surface area contributed by atoms with Crippen LogP contribution < -0.4 is 5.73 Å². The number of Topliss-reactive ketones (excluding diaryl/α,β-unsaturated/α-hetero) is 1. The number of aliphatic hydroxyl groups excluding tert-OH is 1. The molecule has 3 heterocycles. The molecule has 1 aliphatic rings. The Morgan fingerprint density at radius 2 is 2.35 bits per heavy atom. The molecule has 2 aromatic rings. The second kappa shape index (κ2) is 5.25. The third kappa shape index (κ3) is 1.98. The Hall–Kier alpha value is -1.28. The van der Waals surface area contributed by atoms with Crippen molar-refractivity contribution in [2.45, 2.75) is 17.2 Å². The van der Waals surface area contributed by atoms with Gasteiger partial charge in [0.05, 0.1) is 10.2 Å². The molecule has 0 spiro atoms. The van der Waals surface area contributed by atoms with E-state index in [0.29, 0.717) is 12.1 Å². The van der Waals surface area contributed by atoms with Gasteiger partial charge in [0.25, 0.3) is 0 Å². The Bertz CT molecular complexity index is 685. The second-order valence-electron chi connectivity index (χ2n) is 4.52. The van der Waals surface area contributed by atoms with Gasteiger partial charge >= 0.3 is 0 Å². The van der Waals surface area contributed by atoms with Crippen LogP contribution in [0.5, 0.6) is 0 Å². The summed E-state index contributed by atoms with van der Waals surface area (Å²) in [6.45, 7) is -0.0905. The van der Waals surface area contributed by atoms with Gasteiger partial charge in [-0.15, -0.1) is 23.1 Å². The van der Waals surface area contributed by atoms with Gasteiger partial charge in [-0.3, -0.25) is 4.79 Å². The fourth-order valence-corrected chi connectivity index (χ4v) is 4.31. The maximum Gasteiger partial charge on any atom is 0.201 e. The Morgan fingerprint density at radius 3 is 3.05 bits per heavy atom. The maximum absolute atomic E-state index is 12.9. The molecule has 2 unspecified atom stereocenters. The normalized spacial score (nSPS) is 25.4. The predicted molar refractivity (Wildman–Crippen MR) is 80.9 cm³/mol. The monoisotopic (exact) mass is 307 g/mol. The van der Waals surface area contributed by atoms with Crippen LogP contribution in [0.1, 0.15) is 16.9 Å². The zero-order chi connectivity index (χ0) is 14.2. The van der Waals surface area contributed by atoms with Gasteiger partial charge in [0.2, 0.25) is 5.78 Å². The minimum absolute atomic E-state index is 0.0905. The van der Waals surface area contributed by atoms with Crippen LogP contribution in [0.3, 0.4) is 0 Å². The number of ketones is 1. The van der Waals surface area contributed by atoms with Gasteiger partial charge < -0.3 is 10.8 Å². The van der Waals surface area contributed by atoms with E-state index in [9.17, 15) is 9.90 Å². The first-order valence-corrected chi connectivity index (χ1v) is 7.89. The number of nitrogens with two attached hydrogens (primary N) is 1. The van der Waals surface area contributed by atoms with Crippen molar-refractivity contribution in [2.75, 3.05) is 6.61 Å². The minimum atomic E-state index is -0.861. The highest BCUT2D eigenvalue weighted by molar-refractivity contribution is 8.04. The van der Waals surface area contributed by atoms with Crippen molar-refractivity contribution in [3.8, 4) is 0 Å². The number of fused-ring (bicyclic) bond motifs is 1.